The summed E-state index contributed by atoms with van der Waals surface area (Å²) in [5.41, 5.74) is 3.15. The first-order valence-electron chi connectivity index (χ1n) is 9.28. The number of fused-ring (bicyclic) bond motifs is 1. The highest BCUT2D eigenvalue weighted by molar-refractivity contribution is 6.05. The van der Waals surface area contributed by atoms with Crippen molar-refractivity contribution in [3.8, 4) is 0 Å². The van der Waals surface area contributed by atoms with Gasteiger partial charge in [0, 0.05) is 16.8 Å². The van der Waals surface area contributed by atoms with Crippen LogP contribution in [0.3, 0.4) is 0 Å². The number of carbonyl (C=O) groups excluding carboxylic acids is 4. The largest absolute Gasteiger partial charge is 0.456 e. The summed E-state index contributed by atoms with van der Waals surface area (Å²) < 4.78 is 5.06. The quantitative estimate of drug-likeness (QED) is 0.579. The lowest BCUT2D eigenvalue weighted by Gasteiger charge is -2.13. The Labute approximate surface area is 168 Å². The summed E-state index contributed by atoms with van der Waals surface area (Å²) in [5.74, 6) is -1.93. The predicted molar refractivity (Wildman–Crippen MR) is 107 cm³/mol. The van der Waals surface area contributed by atoms with Crippen molar-refractivity contribution in [2.75, 3.05) is 11.9 Å². The summed E-state index contributed by atoms with van der Waals surface area (Å²) in [6.45, 7) is 4.67. The van der Waals surface area contributed by atoms with E-state index in [9.17, 15) is 19.2 Å². The number of carbonyl (C=O) groups is 4. The summed E-state index contributed by atoms with van der Waals surface area (Å²) in [7, 11) is 0. The first-order valence-corrected chi connectivity index (χ1v) is 9.28. The van der Waals surface area contributed by atoms with Crippen molar-refractivity contribution in [3.63, 3.8) is 0 Å². The number of hydrogen-bond acceptors (Lipinski definition) is 5. The molecule has 1 aliphatic heterocycles. The van der Waals surface area contributed by atoms with Crippen LogP contribution in [0.25, 0.3) is 0 Å². The van der Waals surface area contributed by atoms with Crippen molar-refractivity contribution in [3.05, 3.63) is 64.7 Å². The molecule has 0 aliphatic carbocycles. The first kappa shape index (κ1) is 20.3. The number of ketones is 1. The number of amides is 2. The van der Waals surface area contributed by atoms with Crippen LogP contribution in [0, 0.1) is 6.92 Å². The number of Topliss-reactive ketones (excluding diaryl/α,β-unsaturated/α-hetero) is 1. The molecule has 29 heavy (non-hydrogen) atoms. The maximum atomic E-state index is 12.4. The molecule has 150 valence electrons. The molecular formula is C22H22N2O5. The van der Waals surface area contributed by atoms with Crippen LogP contribution in [-0.4, -0.2) is 36.2 Å². The Bertz CT molecular complexity index is 998. The maximum absolute atomic E-state index is 12.4. The molecular weight excluding hydrogens is 372 g/mol. The molecule has 1 heterocycles. The number of esters is 1. The lowest BCUT2D eigenvalue weighted by Crippen LogP contribution is -2.40. The fourth-order valence-corrected chi connectivity index (χ4v) is 3.06. The van der Waals surface area contributed by atoms with Crippen LogP contribution in [0.4, 0.5) is 5.69 Å². The third-order valence-corrected chi connectivity index (χ3v) is 4.82. The van der Waals surface area contributed by atoms with E-state index in [4.69, 9.17) is 4.74 Å². The SMILES string of the molecule is Cc1cccc(C(=O)N[C@@H](C)C(=O)OCC(=O)c2ccc3c(c2)[C@H](C)C(=O)N3)c1. The Hall–Kier alpha value is -3.48. The molecule has 0 unspecified atom stereocenters. The zero-order valence-corrected chi connectivity index (χ0v) is 16.4. The van der Waals surface area contributed by atoms with Crippen LogP contribution < -0.4 is 10.6 Å². The second-order valence-electron chi connectivity index (χ2n) is 7.11. The smallest absolute Gasteiger partial charge is 0.328 e. The normalized spacial score (nSPS) is 15.8. The van der Waals surface area contributed by atoms with Crippen molar-refractivity contribution < 1.29 is 23.9 Å². The van der Waals surface area contributed by atoms with Gasteiger partial charge in [-0.2, -0.15) is 0 Å². The number of hydrogen-bond donors (Lipinski definition) is 2. The van der Waals surface area contributed by atoms with Gasteiger partial charge in [0.25, 0.3) is 5.91 Å². The Balaban J connectivity index is 1.55. The molecule has 0 saturated carbocycles. The summed E-state index contributed by atoms with van der Waals surface area (Å²) in [6, 6.07) is 11.0. The highest BCUT2D eigenvalue weighted by Gasteiger charge is 2.27. The third kappa shape index (κ3) is 4.51. The molecule has 7 nitrogen and oxygen atoms in total. The molecule has 2 N–H and O–H groups in total. The molecule has 0 radical (unpaired) electrons. The zero-order chi connectivity index (χ0) is 21.1. The Morgan fingerprint density at radius 3 is 2.62 bits per heavy atom. The van der Waals surface area contributed by atoms with E-state index in [1.54, 1.807) is 43.3 Å². The highest BCUT2D eigenvalue weighted by atomic mass is 16.5. The van der Waals surface area contributed by atoms with Crippen molar-refractivity contribution in [1.82, 2.24) is 5.32 Å². The van der Waals surface area contributed by atoms with Crippen LogP contribution in [0.5, 0.6) is 0 Å². The first-order chi connectivity index (χ1) is 13.8. The van der Waals surface area contributed by atoms with Gasteiger partial charge >= 0.3 is 5.97 Å². The van der Waals surface area contributed by atoms with Crippen LogP contribution in [-0.2, 0) is 14.3 Å². The molecule has 2 amide bonds. The number of ether oxygens (including phenoxy) is 1. The van der Waals surface area contributed by atoms with E-state index in [1.165, 1.54) is 6.92 Å². The van der Waals surface area contributed by atoms with Crippen molar-refractivity contribution in [2.45, 2.75) is 32.7 Å². The third-order valence-electron chi connectivity index (χ3n) is 4.82. The molecule has 0 bridgehead atoms. The Morgan fingerprint density at radius 2 is 1.90 bits per heavy atom. The van der Waals surface area contributed by atoms with E-state index in [2.05, 4.69) is 10.6 Å². The monoisotopic (exact) mass is 394 g/mol. The minimum absolute atomic E-state index is 0.116. The molecule has 2 atom stereocenters. The van der Waals surface area contributed by atoms with Gasteiger partial charge in [-0.25, -0.2) is 4.79 Å². The lowest BCUT2D eigenvalue weighted by atomic mass is 9.99. The van der Waals surface area contributed by atoms with Gasteiger partial charge in [-0.3, -0.25) is 14.4 Å². The van der Waals surface area contributed by atoms with E-state index in [0.29, 0.717) is 16.8 Å². The average Bonchev–Trinajstić information content (AvgIpc) is 2.99. The van der Waals surface area contributed by atoms with Crippen molar-refractivity contribution in [1.29, 1.82) is 0 Å². The summed E-state index contributed by atoms with van der Waals surface area (Å²) in [5, 5.41) is 5.30. The summed E-state index contributed by atoms with van der Waals surface area (Å²) in [4.78, 5) is 48.5. The van der Waals surface area contributed by atoms with E-state index < -0.39 is 24.5 Å². The van der Waals surface area contributed by atoms with Gasteiger partial charge in [-0.1, -0.05) is 17.7 Å². The fourth-order valence-electron chi connectivity index (χ4n) is 3.06. The number of rotatable bonds is 6. The summed E-state index contributed by atoms with van der Waals surface area (Å²) >= 11 is 0. The minimum Gasteiger partial charge on any atom is -0.456 e. The van der Waals surface area contributed by atoms with Crippen LogP contribution >= 0.6 is 0 Å². The van der Waals surface area contributed by atoms with Gasteiger partial charge in [0.05, 0.1) is 5.92 Å². The average molecular weight is 394 g/mol. The second-order valence-corrected chi connectivity index (χ2v) is 7.11. The van der Waals surface area contributed by atoms with Crippen molar-refractivity contribution >= 4 is 29.3 Å². The van der Waals surface area contributed by atoms with Crippen LogP contribution in [0.2, 0.25) is 0 Å². The van der Waals surface area contributed by atoms with Gasteiger partial charge in [-0.15, -0.1) is 0 Å². The lowest BCUT2D eigenvalue weighted by molar-refractivity contribution is -0.144. The van der Waals surface area contributed by atoms with Gasteiger partial charge in [0.2, 0.25) is 5.91 Å². The van der Waals surface area contributed by atoms with Gasteiger partial charge in [0.15, 0.2) is 12.4 Å². The molecule has 7 heteroatoms. The number of benzene rings is 2. The fraction of sp³-hybridized carbons (Fsp3) is 0.273. The minimum atomic E-state index is -0.905. The van der Waals surface area contributed by atoms with Gasteiger partial charge < -0.3 is 15.4 Å². The van der Waals surface area contributed by atoms with Crippen LogP contribution in [0.15, 0.2) is 42.5 Å². The topological polar surface area (TPSA) is 102 Å². The van der Waals surface area contributed by atoms with E-state index in [-0.39, 0.29) is 17.6 Å². The van der Waals surface area contributed by atoms with E-state index in [1.807, 2.05) is 13.0 Å². The molecule has 0 aromatic heterocycles. The summed E-state index contributed by atoms with van der Waals surface area (Å²) in [6.07, 6.45) is 0. The number of aryl methyl sites for hydroxylation is 1. The standard InChI is InChI=1S/C22H22N2O5/c1-12-5-4-6-16(9-12)21(27)23-14(3)22(28)29-11-19(25)15-7-8-18-17(10-15)13(2)20(26)24-18/h4-10,13-14H,11H2,1-3H3,(H,23,27)(H,24,26)/t13-,14-/m0/s1. The maximum Gasteiger partial charge on any atom is 0.328 e. The van der Waals surface area contributed by atoms with Gasteiger partial charge in [-0.05, 0) is 56.7 Å². The molecule has 3 rings (SSSR count). The molecule has 1 aliphatic rings. The van der Waals surface area contributed by atoms with E-state index in [0.717, 1.165) is 11.1 Å². The Morgan fingerprint density at radius 1 is 1.14 bits per heavy atom. The molecule has 0 spiro atoms. The molecule has 0 fully saturated rings. The highest BCUT2D eigenvalue weighted by Crippen LogP contribution is 2.32. The molecule has 0 saturated heterocycles. The number of nitrogens with one attached hydrogen (secondary N) is 2. The van der Waals surface area contributed by atoms with E-state index >= 15 is 0 Å². The zero-order valence-electron chi connectivity index (χ0n) is 16.4. The Kier molecular flexibility index (Phi) is 5.77. The predicted octanol–water partition coefficient (Wildman–Crippen LogP) is 2.60. The second kappa shape index (κ2) is 8.26. The van der Waals surface area contributed by atoms with Gasteiger partial charge in [0.1, 0.15) is 6.04 Å². The van der Waals surface area contributed by atoms with Crippen molar-refractivity contribution in [2.24, 2.45) is 0 Å². The molecule has 2 aromatic carbocycles. The van der Waals surface area contributed by atoms with Crippen LogP contribution in [0.1, 0.15) is 51.6 Å². The molecule has 2 aromatic rings. The number of anilines is 1.